The van der Waals surface area contributed by atoms with Gasteiger partial charge in [-0.05, 0) is 6.92 Å². The second-order valence-electron chi connectivity index (χ2n) is 26.6. The molecule has 0 aliphatic carbocycles. The Labute approximate surface area is 590 Å². The van der Waals surface area contributed by atoms with Crippen LogP contribution in [0.5, 0.6) is 0 Å². The lowest BCUT2D eigenvalue weighted by molar-refractivity contribution is -0.448. The molecular formula is C59H99N3O42. The van der Waals surface area contributed by atoms with E-state index in [-0.39, 0.29) is 6.47 Å². The molecule has 104 heavy (non-hydrogen) atoms. The van der Waals surface area contributed by atoms with E-state index in [0.717, 1.165) is 20.8 Å². The van der Waals surface area contributed by atoms with E-state index in [9.17, 15) is 132 Å². The molecule has 8 saturated heterocycles. The summed E-state index contributed by atoms with van der Waals surface area (Å²) in [6.45, 7) is -2.70. The van der Waals surface area contributed by atoms with Gasteiger partial charge in [-0.15, -0.1) is 0 Å². The maximum absolute atomic E-state index is 13.1. The topological polar surface area (TPSA) is 697 Å². The summed E-state index contributed by atoms with van der Waals surface area (Å²) in [7, 11) is 0. The molecule has 45 heteroatoms. The van der Waals surface area contributed by atoms with Crippen LogP contribution in [0.4, 0.5) is 0 Å². The molecule has 3 amide bonds. The van der Waals surface area contributed by atoms with Gasteiger partial charge in [0, 0.05) is 26.7 Å². The van der Waals surface area contributed by atoms with Crippen molar-refractivity contribution in [2.45, 2.75) is 286 Å². The molecular weight excluding hydrogens is 1420 g/mol. The second-order valence-corrected chi connectivity index (χ2v) is 26.6. The summed E-state index contributed by atoms with van der Waals surface area (Å²) in [5.74, 6) is -6.38. The Balaban J connectivity index is 1.08. The Morgan fingerprint density at radius 2 is 0.827 bits per heavy atom. The van der Waals surface area contributed by atoms with Gasteiger partial charge in [0.15, 0.2) is 37.7 Å². The first kappa shape index (κ1) is 86.0. The van der Waals surface area contributed by atoms with Gasteiger partial charge in [-0.3, -0.25) is 19.2 Å². The molecule has 41 atom stereocenters. The van der Waals surface area contributed by atoms with Crippen LogP contribution in [0, 0.1) is 5.92 Å². The van der Waals surface area contributed by atoms with E-state index in [1.54, 1.807) is 0 Å². The maximum Gasteiger partial charge on any atom is 0.332 e. The van der Waals surface area contributed by atoms with Crippen molar-refractivity contribution < 1.29 is 207 Å². The number of amides is 3. The number of hydrogen-bond donors (Lipinski definition) is 25. The van der Waals surface area contributed by atoms with Crippen LogP contribution in [-0.4, -0.2) is 434 Å². The lowest BCUT2D eigenvalue weighted by Crippen LogP contribution is -2.71. The average Bonchev–Trinajstić information content (AvgIpc) is 0.765. The van der Waals surface area contributed by atoms with Crippen LogP contribution in [0.2, 0.25) is 0 Å². The third kappa shape index (κ3) is 18.9. The summed E-state index contributed by atoms with van der Waals surface area (Å²) < 4.78 is 94.0. The van der Waals surface area contributed by atoms with E-state index >= 15 is 0 Å². The maximum atomic E-state index is 13.1. The van der Waals surface area contributed by atoms with Crippen molar-refractivity contribution in [2.75, 3.05) is 52.9 Å². The van der Waals surface area contributed by atoms with Gasteiger partial charge in [0.1, 0.15) is 177 Å². The van der Waals surface area contributed by atoms with Gasteiger partial charge in [0.05, 0.1) is 83.6 Å². The average molecular weight is 1520 g/mol. The van der Waals surface area contributed by atoms with Gasteiger partial charge in [-0.25, -0.2) is 0 Å². The molecule has 8 fully saturated rings. The first-order valence-electron chi connectivity index (χ1n) is 33.4. The number of carbonyl (C=O) groups excluding carboxylic acids is 4. The van der Waals surface area contributed by atoms with Crippen molar-refractivity contribution in [3.05, 3.63) is 0 Å². The zero-order valence-electron chi connectivity index (χ0n) is 56.5. The van der Waals surface area contributed by atoms with Gasteiger partial charge in [-0.1, -0.05) is 6.92 Å². The number of rotatable bonds is 29. The van der Waals surface area contributed by atoms with Crippen molar-refractivity contribution in [1.29, 1.82) is 0 Å². The highest BCUT2D eigenvalue weighted by molar-refractivity contribution is 5.74. The molecule has 8 aliphatic rings. The highest BCUT2D eigenvalue weighted by Gasteiger charge is 2.61. The predicted octanol–water partition coefficient (Wildman–Crippen LogP) is -16.4. The van der Waals surface area contributed by atoms with Crippen molar-refractivity contribution >= 4 is 24.2 Å². The Kier molecular flexibility index (Phi) is 30.9. The molecule has 0 aromatic carbocycles. The van der Waals surface area contributed by atoms with Crippen LogP contribution in [0.25, 0.3) is 0 Å². The van der Waals surface area contributed by atoms with Crippen molar-refractivity contribution in [3.8, 4) is 0 Å². The third-order valence-electron chi connectivity index (χ3n) is 19.3. The molecule has 25 N–H and O–H groups in total. The van der Waals surface area contributed by atoms with Crippen LogP contribution >= 0.6 is 0 Å². The van der Waals surface area contributed by atoms with Crippen molar-refractivity contribution in [2.24, 2.45) is 5.92 Å². The molecule has 8 aliphatic heterocycles. The van der Waals surface area contributed by atoms with Gasteiger partial charge < -0.3 is 204 Å². The van der Waals surface area contributed by atoms with Gasteiger partial charge in [0.2, 0.25) is 17.7 Å². The molecule has 0 bridgehead atoms. The monoisotopic (exact) mass is 1520 g/mol. The number of aliphatic hydroxyl groups is 22. The van der Waals surface area contributed by atoms with Crippen LogP contribution in [0.3, 0.4) is 0 Å². The molecule has 602 valence electrons. The van der Waals surface area contributed by atoms with Gasteiger partial charge in [-0.2, -0.15) is 0 Å². The Morgan fingerprint density at radius 3 is 1.32 bits per heavy atom. The summed E-state index contributed by atoms with van der Waals surface area (Å²) in [6, 6.07) is -4.97. The molecule has 8 rings (SSSR count). The summed E-state index contributed by atoms with van der Waals surface area (Å²) in [5, 5.41) is 251. The van der Waals surface area contributed by atoms with Crippen LogP contribution in [0.15, 0.2) is 0 Å². The SMILES string of the molecule is CC(=O)NC1[C@H](O[C@H]2C(CO)O[C@@H](C)C(NC(C)=O)[C@H]2O)OC(CO)[C@H](O[C@@H]2OC(CO[C@@H]3OC(CO)[C@H](O)[C@H](O)C3O)[C@H](O)[C@H](O[C@@H]3OC(CO)[C@H](O)C(O)C3O[C@@H]3OC(CO)[C@H](O[C@@H]4OC(CO)[C@H](O)[C@H](O[C@]5(OC=O)C[C@H](O)[C@@H](C)C([C@H](O)[C@@H](O)CO)O5)C4O)[C@H](O)C3NC(C)=O)C2O)[C@@H]1O. The van der Waals surface area contributed by atoms with Gasteiger partial charge >= 0.3 is 5.97 Å². The fourth-order valence-electron chi connectivity index (χ4n) is 13.7. The third-order valence-corrected chi connectivity index (χ3v) is 19.3. The lowest BCUT2D eigenvalue weighted by atomic mass is 9.87. The van der Waals surface area contributed by atoms with Crippen molar-refractivity contribution in [3.63, 3.8) is 0 Å². The molecule has 0 aromatic rings. The van der Waals surface area contributed by atoms with E-state index in [1.165, 1.54) is 13.8 Å². The summed E-state index contributed by atoms with van der Waals surface area (Å²) in [4.78, 5) is 50.1. The Morgan fingerprint density at radius 1 is 0.433 bits per heavy atom. The fraction of sp³-hybridized carbons (Fsp3) is 0.932. The second kappa shape index (κ2) is 37.4. The number of nitrogens with one attached hydrogen (secondary N) is 3. The van der Waals surface area contributed by atoms with E-state index in [2.05, 4.69) is 16.0 Å². The van der Waals surface area contributed by atoms with E-state index in [1.807, 2.05) is 0 Å². The first-order valence-corrected chi connectivity index (χ1v) is 33.4. The minimum absolute atomic E-state index is 0.236. The molecule has 8 heterocycles. The van der Waals surface area contributed by atoms with Crippen molar-refractivity contribution in [1.82, 2.24) is 16.0 Å². The van der Waals surface area contributed by atoms with E-state index in [0.29, 0.717) is 0 Å². The summed E-state index contributed by atoms with van der Waals surface area (Å²) >= 11 is 0. The Bertz CT molecular complexity index is 2710. The number of carbonyl (C=O) groups is 4. The highest BCUT2D eigenvalue weighted by atomic mass is 16.9. The molecule has 0 saturated carbocycles. The largest absolute Gasteiger partial charge is 0.410 e. The normalized spacial score (nSPS) is 47.9. The quantitative estimate of drug-likeness (QED) is 0.0244. The Hall–Kier alpha value is -3.60. The summed E-state index contributed by atoms with van der Waals surface area (Å²) in [5.41, 5.74) is 0. The first-order chi connectivity index (χ1) is 49.2. The predicted molar refractivity (Wildman–Crippen MR) is 323 cm³/mol. The minimum Gasteiger partial charge on any atom is -0.410 e. The van der Waals surface area contributed by atoms with E-state index in [4.69, 9.17) is 75.8 Å². The van der Waals surface area contributed by atoms with Crippen LogP contribution < -0.4 is 16.0 Å². The lowest BCUT2D eigenvalue weighted by Gasteiger charge is -2.51. The molecule has 45 nitrogen and oxygen atoms in total. The zero-order valence-corrected chi connectivity index (χ0v) is 56.5. The smallest absolute Gasteiger partial charge is 0.332 e. The fourth-order valence-corrected chi connectivity index (χ4v) is 13.7. The molecule has 0 radical (unpaired) electrons. The number of ether oxygens (including phenoxy) is 16. The highest BCUT2D eigenvalue weighted by Crippen LogP contribution is 2.42. The van der Waals surface area contributed by atoms with Crippen LogP contribution in [0.1, 0.15) is 41.0 Å². The van der Waals surface area contributed by atoms with Gasteiger partial charge in [0.25, 0.3) is 6.47 Å². The molecule has 0 aromatic heterocycles. The molecule has 0 spiro atoms. The van der Waals surface area contributed by atoms with E-state index < -0.39 is 328 Å². The number of hydrogen-bond acceptors (Lipinski definition) is 42. The van der Waals surface area contributed by atoms with Crippen LogP contribution in [-0.2, 0) is 95.0 Å². The standard InChI is InChI=1S/C59H99N3O42/c1-16-21(74)6-59(90-15-70,103-46(16)33(76)22(75)7-63)104-51-36(79)25(10-66)93-57(45(51)88)100-49-28(13-69)96-54(32(40(49)83)62-20(5)73)102-52-42(85)35(78)24(9-65)94-58(52)101-50-37(80)29(14-89-55-43(86)41(84)34(77)23(8-64)92-55)97-56(44(50)87)99-48-27(12-68)95-53(31(39(48)82)61-19(4)72)98-47-26(11-67)91-17(2)30(38(47)81)60-18(3)71/h15-17,21-58,63-69,74-88H,6-14H2,1-5H3,(H,60,71)(H,61,72)(H,62,73)/t16-,17+,21+,22+,23?,24?,25?,26?,27?,28?,29?,30?,31?,32?,33-,34+,35+,36+,37+,38-,39-,40-,41+,42?,43?,44?,45?,46?,47+,48+,49+,50+,51+,52?,53+,54+,55-,56+,57+,58+,59+/m1/s1. The number of aliphatic hydroxyl groups excluding tert-OH is 22. The molecule has 16 unspecified atom stereocenters. The minimum atomic E-state index is -2.85. The summed E-state index contributed by atoms with van der Waals surface area (Å²) in [6.07, 6.45) is -72.6. The zero-order chi connectivity index (χ0) is 76.8.